The van der Waals surface area contributed by atoms with E-state index in [0.29, 0.717) is 6.42 Å². The van der Waals surface area contributed by atoms with Crippen molar-refractivity contribution < 1.29 is 9.18 Å². The Kier molecular flexibility index (Phi) is 4.33. The number of benzene rings is 2. The zero-order valence-corrected chi connectivity index (χ0v) is 14.3. The van der Waals surface area contributed by atoms with Crippen molar-refractivity contribution in [2.24, 2.45) is 0 Å². The van der Waals surface area contributed by atoms with Gasteiger partial charge in [-0.25, -0.2) is 4.39 Å². The van der Waals surface area contributed by atoms with Gasteiger partial charge in [-0.1, -0.05) is 18.2 Å². The van der Waals surface area contributed by atoms with Crippen molar-refractivity contribution in [2.75, 3.05) is 5.32 Å². The number of para-hydroxylation sites is 1. The van der Waals surface area contributed by atoms with Gasteiger partial charge in [-0.3, -0.25) is 14.7 Å². The molecule has 2 heterocycles. The first-order chi connectivity index (χ1) is 13.1. The van der Waals surface area contributed by atoms with Crippen LogP contribution in [-0.4, -0.2) is 21.1 Å². The number of rotatable bonds is 5. The second-order valence-corrected chi connectivity index (χ2v) is 6.24. The van der Waals surface area contributed by atoms with Crippen LogP contribution in [-0.2, 0) is 11.2 Å². The van der Waals surface area contributed by atoms with E-state index in [4.69, 9.17) is 0 Å². The Morgan fingerprint density at radius 1 is 1.07 bits per heavy atom. The van der Waals surface area contributed by atoms with Crippen LogP contribution < -0.4 is 10.9 Å². The molecule has 4 rings (SSSR count). The molecule has 27 heavy (non-hydrogen) atoms. The summed E-state index contributed by atoms with van der Waals surface area (Å²) in [5, 5.41) is 8.53. The van der Waals surface area contributed by atoms with E-state index in [-0.39, 0.29) is 29.4 Å². The number of halogens is 1. The van der Waals surface area contributed by atoms with E-state index < -0.39 is 0 Å². The molecular weight excluding hydrogens is 347 g/mol. The summed E-state index contributed by atoms with van der Waals surface area (Å²) in [5.74, 6) is -0.553. The molecule has 0 unspecified atom stereocenters. The summed E-state index contributed by atoms with van der Waals surface area (Å²) < 4.78 is 13.3. The summed E-state index contributed by atoms with van der Waals surface area (Å²) in [7, 11) is 0. The molecule has 6 nitrogen and oxygen atoms in total. The molecule has 7 heteroatoms. The summed E-state index contributed by atoms with van der Waals surface area (Å²) in [6.45, 7) is 0. The largest absolute Gasteiger partial charge is 0.354 e. The summed E-state index contributed by atoms with van der Waals surface area (Å²) in [6, 6.07) is 14.1. The van der Waals surface area contributed by atoms with Gasteiger partial charge in [0.25, 0.3) is 5.56 Å². The number of H-pyrrole nitrogens is 3. The molecule has 0 saturated heterocycles. The van der Waals surface area contributed by atoms with E-state index in [0.717, 1.165) is 27.7 Å². The van der Waals surface area contributed by atoms with Gasteiger partial charge in [-0.15, -0.1) is 0 Å². The van der Waals surface area contributed by atoms with E-state index in [1.165, 1.54) is 18.3 Å². The molecule has 0 bridgehead atoms. The monoisotopic (exact) mass is 364 g/mol. The number of aromatic nitrogens is 3. The van der Waals surface area contributed by atoms with Crippen LogP contribution in [0, 0.1) is 5.82 Å². The molecule has 0 aliphatic carbocycles. The topological polar surface area (TPSA) is 93.5 Å². The van der Waals surface area contributed by atoms with Gasteiger partial charge in [0.15, 0.2) is 0 Å². The number of aryl methyl sites for hydroxylation is 1. The predicted molar refractivity (Wildman–Crippen MR) is 102 cm³/mol. The van der Waals surface area contributed by atoms with Crippen molar-refractivity contribution >= 4 is 22.5 Å². The highest BCUT2D eigenvalue weighted by Crippen LogP contribution is 2.31. The van der Waals surface area contributed by atoms with Crippen LogP contribution in [0.1, 0.15) is 12.0 Å². The summed E-state index contributed by atoms with van der Waals surface area (Å²) in [6.07, 6.45) is 2.10. The molecule has 0 radical (unpaired) electrons. The number of nitrogens with one attached hydrogen (secondary N) is 4. The van der Waals surface area contributed by atoms with Crippen molar-refractivity contribution in [1.82, 2.24) is 15.2 Å². The molecule has 136 valence electrons. The van der Waals surface area contributed by atoms with Crippen LogP contribution in [0.4, 0.5) is 10.1 Å². The third-order valence-corrected chi connectivity index (χ3v) is 4.47. The third-order valence-electron chi connectivity index (χ3n) is 4.47. The molecule has 0 spiro atoms. The van der Waals surface area contributed by atoms with Crippen molar-refractivity contribution in [3.63, 3.8) is 0 Å². The zero-order valence-electron chi connectivity index (χ0n) is 14.3. The minimum atomic E-state index is -0.373. The Labute approximate surface area is 153 Å². The minimum Gasteiger partial charge on any atom is -0.354 e. The lowest BCUT2D eigenvalue weighted by Crippen LogP contribution is -2.17. The molecule has 0 aliphatic heterocycles. The fraction of sp³-hybridized carbons (Fsp3) is 0.100. The lowest BCUT2D eigenvalue weighted by Gasteiger charge is -2.06. The van der Waals surface area contributed by atoms with E-state index in [9.17, 15) is 14.0 Å². The molecule has 0 fully saturated rings. The van der Waals surface area contributed by atoms with Gasteiger partial charge in [-0.2, -0.15) is 0 Å². The number of aromatic amines is 3. The van der Waals surface area contributed by atoms with Crippen molar-refractivity contribution in [3.8, 4) is 11.3 Å². The van der Waals surface area contributed by atoms with Gasteiger partial charge in [0.1, 0.15) is 11.5 Å². The van der Waals surface area contributed by atoms with E-state index in [1.807, 2.05) is 24.3 Å². The predicted octanol–water partition coefficient (Wildman–Crippen LogP) is 3.56. The summed E-state index contributed by atoms with van der Waals surface area (Å²) in [4.78, 5) is 27.1. The number of carbonyl (C=O) groups is 1. The van der Waals surface area contributed by atoms with Crippen LogP contribution in [0.3, 0.4) is 0 Å². The SMILES string of the molecule is O=C(CCc1c(-c2ccc(F)cc2)[nH]c2ccccc12)Nc1c[nH][nH]c1=O. The fourth-order valence-electron chi connectivity index (χ4n) is 3.17. The Morgan fingerprint density at radius 3 is 2.59 bits per heavy atom. The average Bonchev–Trinajstić information content (AvgIpc) is 3.24. The van der Waals surface area contributed by atoms with E-state index in [2.05, 4.69) is 20.5 Å². The molecule has 0 aliphatic rings. The van der Waals surface area contributed by atoms with Crippen LogP contribution in [0.5, 0.6) is 0 Å². The second kappa shape index (κ2) is 6.95. The lowest BCUT2D eigenvalue weighted by atomic mass is 10.0. The molecular formula is C20H17FN4O2. The van der Waals surface area contributed by atoms with Gasteiger partial charge in [0.2, 0.25) is 5.91 Å². The second-order valence-electron chi connectivity index (χ2n) is 6.24. The highest BCUT2D eigenvalue weighted by Gasteiger charge is 2.15. The fourth-order valence-corrected chi connectivity index (χ4v) is 3.17. The Balaban J connectivity index is 1.63. The van der Waals surface area contributed by atoms with E-state index >= 15 is 0 Å². The van der Waals surface area contributed by atoms with Gasteiger partial charge < -0.3 is 15.4 Å². The van der Waals surface area contributed by atoms with Gasteiger partial charge in [-0.05, 0) is 47.9 Å². The number of amides is 1. The highest BCUT2D eigenvalue weighted by molar-refractivity contribution is 5.93. The number of hydrogen-bond acceptors (Lipinski definition) is 2. The number of anilines is 1. The Hall–Kier alpha value is -3.61. The number of fused-ring (bicyclic) bond motifs is 1. The molecule has 2 aromatic carbocycles. The van der Waals surface area contributed by atoms with Crippen LogP contribution in [0.25, 0.3) is 22.2 Å². The maximum Gasteiger partial charge on any atom is 0.287 e. The summed E-state index contributed by atoms with van der Waals surface area (Å²) in [5.41, 5.74) is 3.47. The smallest absolute Gasteiger partial charge is 0.287 e. The maximum atomic E-state index is 13.3. The first-order valence-electron chi connectivity index (χ1n) is 8.53. The van der Waals surface area contributed by atoms with Crippen molar-refractivity contribution in [1.29, 1.82) is 0 Å². The molecule has 0 atom stereocenters. The lowest BCUT2D eigenvalue weighted by molar-refractivity contribution is -0.116. The van der Waals surface area contributed by atoms with Crippen molar-refractivity contribution in [3.05, 3.63) is 76.5 Å². The minimum absolute atomic E-state index is 0.192. The molecule has 4 aromatic rings. The normalized spacial score (nSPS) is 11.0. The van der Waals surface area contributed by atoms with Gasteiger partial charge in [0.05, 0.1) is 0 Å². The Morgan fingerprint density at radius 2 is 1.85 bits per heavy atom. The zero-order chi connectivity index (χ0) is 18.8. The average molecular weight is 364 g/mol. The Bertz CT molecular complexity index is 1150. The molecule has 2 aromatic heterocycles. The quantitative estimate of drug-likeness (QED) is 0.436. The first kappa shape index (κ1) is 16.8. The third kappa shape index (κ3) is 3.39. The van der Waals surface area contributed by atoms with Crippen LogP contribution >= 0.6 is 0 Å². The van der Waals surface area contributed by atoms with Gasteiger partial charge in [0, 0.05) is 29.2 Å². The first-order valence-corrected chi connectivity index (χ1v) is 8.53. The van der Waals surface area contributed by atoms with E-state index in [1.54, 1.807) is 12.1 Å². The maximum absolute atomic E-state index is 13.3. The van der Waals surface area contributed by atoms with Crippen LogP contribution in [0.15, 0.2) is 59.5 Å². The highest BCUT2D eigenvalue weighted by atomic mass is 19.1. The molecule has 4 N–H and O–H groups in total. The molecule has 0 saturated carbocycles. The van der Waals surface area contributed by atoms with Gasteiger partial charge >= 0.3 is 0 Å². The molecule has 1 amide bonds. The van der Waals surface area contributed by atoms with Crippen LogP contribution in [0.2, 0.25) is 0 Å². The standard InChI is InChI=1S/C20H17FN4O2/c21-13-7-5-12(6-8-13)19-15(14-3-1-2-4-16(14)24-19)9-10-18(26)23-17-11-22-25-20(17)27/h1-8,11,24H,9-10H2,(H,23,26)(H2,22,25,27). The number of hydrogen-bond donors (Lipinski definition) is 4. The number of carbonyl (C=O) groups excluding carboxylic acids is 1. The summed E-state index contributed by atoms with van der Waals surface area (Å²) >= 11 is 0. The van der Waals surface area contributed by atoms with Crippen molar-refractivity contribution in [2.45, 2.75) is 12.8 Å².